The van der Waals surface area contributed by atoms with Crippen molar-refractivity contribution in [3.63, 3.8) is 0 Å². The molecule has 0 spiro atoms. The van der Waals surface area contributed by atoms with Crippen molar-refractivity contribution >= 4 is 29.0 Å². The molecule has 1 atom stereocenters. The van der Waals surface area contributed by atoms with Crippen molar-refractivity contribution in [2.45, 2.75) is 39.8 Å². The maximum atomic E-state index is 12.9. The van der Waals surface area contributed by atoms with Gasteiger partial charge in [0.1, 0.15) is 11.3 Å². The van der Waals surface area contributed by atoms with E-state index in [1.165, 1.54) is 0 Å². The van der Waals surface area contributed by atoms with Crippen LogP contribution in [0.1, 0.15) is 54.5 Å². The summed E-state index contributed by atoms with van der Waals surface area (Å²) in [7, 11) is 0. The molecule has 2 N–H and O–H groups in total. The molecule has 1 aromatic carbocycles. The summed E-state index contributed by atoms with van der Waals surface area (Å²) in [6.07, 6.45) is 3.75. The zero-order chi connectivity index (χ0) is 23.4. The predicted molar refractivity (Wildman–Crippen MR) is 126 cm³/mol. The summed E-state index contributed by atoms with van der Waals surface area (Å²) in [6, 6.07) is 11.3. The van der Waals surface area contributed by atoms with Gasteiger partial charge in [-0.15, -0.1) is 5.48 Å². The molecule has 1 unspecified atom stereocenters. The van der Waals surface area contributed by atoms with Gasteiger partial charge in [0.05, 0.1) is 6.20 Å². The quantitative estimate of drug-likeness (QED) is 0.550. The first kappa shape index (κ1) is 22.5. The van der Waals surface area contributed by atoms with Crippen molar-refractivity contribution in [3.8, 4) is 0 Å². The summed E-state index contributed by atoms with van der Waals surface area (Å²) in [5.74, 6) is 0.337. The zero-order valence-corrected chi connectivity index (χ0v) is 19.0. The maximum Gasteiger partial charge on any atom is 0.274 e. The molecule has 9 nitrogen and oxygen atoms in total. The van der Waals surface area contributed by atoms with Gasteiger partial charge in [-0.25, -0.2) is 9.98 Å². The lowest BCUT2D eigenvalue weighted by atomic mass is 10.1. The van der Waals surface area contributed by atoms with Crippen LogP contribution in [0.5, 0.6) is 0 Å². The van der Waals surface area contributed by atoms with E-state index >= 15 is 0 Å². The molecule has 9 heteroatoms. The number of nitrogens with zero attached hydrogens (tertiary/aromatic N) is 4. The number of aryl methyl sites for hydroxylation is 1. The summed E-state index contributed by atoms with van der Waals surface area (Å²) in [6.45, 7) is 7.24. The molecule has 3 aromatic rings. The van der Waals surface area contributed by atoms with Crippen LogP contribution in [0.25, 0.3) is 5.65 Å². The second kappa shape index (κ2) is 9.83. The molecule has 0 aliphatic carbocycles. The molecule has 0 saturated carbocycles. The molecule has 4 rings (SSSR count). The predicted octanol–water partition coefficient (Wildman–Crippen LogP) is 3.48. The number of benzene rings is 1. The van der Waals surface area contributed by atoms with E-state index in [4.69, 9.17) is 4.84 Å². The number of imidazole rings is 1. The van der Waals surface area contributed by atoms with Crippen LogP contribution in [-0.2, 0) is 9.63 Å². The highest BCUT2D eigenvalue weighted by molar-refractivity contribution is 6.04. The number of carbonyl (C=O) groups excluding carboxylic acids is 2. The van der Waals surface area contributed by atoms with E-state index < -0.39 is 6.17 Å². The second-order valence-electron chi connectivity index (χ2n) is 7.81. The molecule has 0 radical (unpaired) electrons. The highest BCUT2D eigenvalue weighted by atomic mass is 16.7. The van der Waals surface area contributed by atoms with E-state index in [0.717, 1.165) is 11.1 Å². The normalized spacial score (nSPS) is 15.2. The van der Waals surface area contributed by atoms with Crippen LogP contribution in [0.15, 0.2) is 53.8 Å². The van der Waals surface area contributed by atoms with Crippen molar-refractivity contribution in [2.24, 2.45) is 4.99 Å². The van der Waals surface area contributed by atoms with Crippen LogP contribution in [-0.4, -0.2) is 45.1 Å². The van der Waals surface area contributed by atoms with E-state index in [0.29, 0.717) is 48.9 Å². The molecule has 1 aliphatic rings. The number of nitrogens with one attached hydrogen (secondary N) is 2. The number of hydroxylamine groups is 1. The number of rotatable bonds is 8. The molecule has 0 fully saturated rings. The summed E-state index contributed by atoms with van der Waals surface area (Å²) < 4.78 is 1.75. The standard InChI is InChI=1S/C24H28N6O3/c1-4-29(5-2)22(31)12-11-21-27-23(28-33-21)17-10-9-16(3)18(14-17)26-24(32)19-15-25-20-8-6-7-13-30(19)20/h6-10,13-15,23,28H,4-5,11-12H2,1-3H3,(H,26,32). The van der Waals surface area contributed by atoms with Gasteiger partial charge in [0.15, 0.2) is 6.17 Å². The number of carbonyl (C=O) groups is 2. The van der Waals surface area contributed by atoms with Gasteiger partial charge in [-0.05, 0) is 50.1 Å². The van der Waals surface area contributed by atoms with Crippen molar-refractivity contribution in [1.82, 2.24) is 19.8 Å². The number of hydrogen-bond acceptors (Lipinski definition) is 6. The first-order valence-corrected chi connectivity index (χ1v) is 11.1. The van der Waals surface area contributed by atoms with Crippen molar-refractivity contribution in [2.75, 3.05) is 18.4 Å². The van der Waals surface area contributed by atoms with Gasteiger partial charge in [0.25, 0.3) is 5.91 Å². The summed E-state index contributed by atoms with van der Waals surface area (Å²) >= 11 is 0. The molecule has 0 saturated heterocycles. The number of aromatic nitrogens is 2. The van der Waals surface area contributed by atoms with E-state index in [2.05, 4.69) is 20.8 Å². The van der Waals surface area contributed by atoms with Gasteiger partial charge in [-0.2, -0.15) is 0 Å². The average Bonchev–Trinajstić information content (AvgIpc) is 3.47. The van der Waals surface area contributed by atoms with Crippen LogP contribution in [0, 0.1) is 6.92 Å². The van der Waals surface area contributed by atoms with Crippen LogP contribution in [0.4, 0.5) is 5.69 Å². The Morgan fingerprint density at radius 3 is 2.82 bits per heavy atom. The highest BCUT2D eigenvalue weighted by Gasteiger charge is 2.23. The number of amides is 2. The number of hydrogen-bond donors (Lipinski definition) is 2. The van der Waals surface area contributed by atoms with E-state index in [1.807, 2.05) is 63.4 Å². The fourth-order valence-electron chi connectivity index (χ4n) is 3.76. The minimum atomic E-state index is -0.407. The summed E-state index contributed by atoms with van der Waals surface area (Å²) in [5, 5.41) is 2.98. The van der Waals surface area contributed by atoms with Crippen molar-refractivity contribution < 1.29 is 14.4 Å². The van der Waals surface area contributed by atoms with Gasteiger partial charge in [0.2, 0.25) is 11.8 Å². The first-order valence-electron chi connectivity index (χ1n) is 11.1. The van der Waals surface area contributed by atoms with Crippen LogP contribution in [0.3, 0.4) is 0 Å². The molecule has 3 heterocycles. The zero-order valence-electron chi connectivity index (χ0n) is 19.0. The number of pyridine rings is 1. The molecular weight excluding hydrogens is 420 g/mol. The summed E-state index contributed by atoms with van der Waals surface area (Å²) in [4.78, 5) is 41.3. The lowest BCUT2D eigenvalue weighted by Crippen LogP contribution is -2.30. The Labute approximate surface area is 192 Å². The van der Waals surface area contributed by atoms with Crippen LogP contribution >= 0.6 is 0 Å². The average molecular weight is 449 g/mol. The molecule has 33 heavy (non-hydrogen) atoms. The molecule has 1 aliphatic heterocycles. The van der Waals surface area contributed by atoms with Gasteiger partial charge >= 0.3 is 0 Å². The Bertz CT molecular complexity index is 1200. The number of anilines is 1. The molecule has 172 valence electrons. The summed E-state index contributed by atoms with van der Waals surface area (Å²) in [5.41, 5.74) is 6.52. The Hall–Kier alpha value is -3.72. The molecule has 0 bridgehead atoms. The lowest BCUT2D eigenvalue weighted by molar-refractivity contribution is -0.130. The third-order valence-corrected chi connectivity index (χ3v) is 5.71. The topological polar surface area (TPSA) is 100 Å². The lowest BCUT2D eigenvalue weighted by Gasteiger charge is -2.18. The van der Waals surface area contributed by atoms with E-state index in [-0.39, 0.29) is 11.8 Å². The van der Waals surface area contributed by atoms with Gasteiger partial charge < -0.3 is 15.1 Å². The van der Waals surface area contributed by atoms with E-state index in [9.17, 15) is 9.59 Å². The fourth-order valence-corrected chi connectivity index (χ4v) is 3.76. The Balaban J connectivity index is 1.45. The van der Waals surface area contributed by atoms with Crippen molar-refractivity contribution in [3.05, 3.63) is 65.6 Å². The minimum Gasteiger partial charge on any atom is -0.391 e. The Kier molecular flexibility index (Phi) is 6.69. The van der Waals surface area contributed by atoms with Gasteiger partial charge in [-0.1, -0.05) is 18.2 Å². The Morgan fingerprint density at radius 2 is 2.03 bits per heavy atom. The number of aliphatic imine (C=N–C) groups is 1. The minimum absolute atomic E-state index is 0.0856. The van der Waals surface area contributed by atoms with Crippen LogP contribution < -0.4 is 10.8 Å². The SMILES string of the molecule is CCN(CC)C(=O)CCC1=NC(c2ccc(C)c(NC(=O)c3cnc4ccccn34)c2)NO1. The highest BCUT2D eigenvalue weighted by Crippen LogP contribution is 2.26. The maximum absolute atomic E-state index is 12.9. The second-order valence-corrected chi connectivity index (χ2v) is 7.81. The third-order valence-electron chi connectivity index (χ3n) is 5.71. The fraction of sp³-hybridized carbons (Fsp3) is 0.333. The van der Waals surface area contributed by atoms with Crippen molar-refractivity contribution in [1.29, 1.82) is 0 Å². The molecular formula is C24H28N6O3. The van der Waals surface area contributed by atoms with Gasteiger partial charge in [-0.3, -0.25) is 14.0 Å². The van der Waals surface area contributed by atoms with E-state index in [1.54, 1.807) is 15.5 Å². The van der Waals surface area contributed by atoms with Crippen LogP contribution in [0.2, 0.25) is 0 Å². The smallest absolute Gasteiger partial charge is 0.274 e. The first-order chi connectivity index (χ1) is 16.0. The van der Waals surface area contributed by atoms with Gasteiger partial charge in [0, 0.05) is 37.8 Å². The Morgan fingerprint density at radius 1 is 1.21 bits per heavy atom. The third kappa shape index (κ3) is 4.88. The number of fused-ring (bicyclic) bond motifs is 1. The molecule has 2 amide bonds. The largest absolute Gasteiger partial charge is 0.391 e. The molecule has 2 aromatic heterocycles. The monoisotopic (exact) mass is 448 g/mol.